The fourth-order valence-electron chi connectivity index (χ4n) is 3.93. The van der Waals surface area contributed by atoms with Gasteiger partial charge in [-0.2, -0.15) is 0 Å². The molecule has 2 fully saturated rings. The van der Waals surface area contributed by atoms with Crippen molar-refractivity contribution in [1.29, 1.82) is 0 Å². The second-order valence-electron chi connectivity index (χ2n) is 8.41. The molecule has 1 saturated carbocycles. The molecule has 0 bridgehead atoms. The minimum atomic E-state index is 0.291. The fraction of sp³-hybridized carbons (Fsp3) is 1.00. The summed E-state index contributed by atoms with van der Waals surface area (Å²) in [5.41, 5.74) is 0.758. The Bertz CT molecular complexity index is 284. The summed E-state index contributed by atoms with van der Waals surface area (Å²) in [4.78, 5) is 0. The molecule has 1 saturated heterocycles. The first-order valence-corrected chi connectivity index (χ1v) is 8.16. The summed E-state index contributed by atoms with van der Waals surface area (Å²) in [5.74, 6) is 1.63. The maximum Gasteiger partial charge on any atom is 0.0649 e. The standard InChI is InChI=1S/C17H33NO/c1-13(2)10-15-11-19-12-17(18-15)8-6-14(7-9-17)16(3,4)5/h13-15,18H,6-12H2,1-5H3/t14?,15-,17?/m1/s1. The van der Waals surface area contributed by atoms with Crippen LogP contribution in [0.15, 0.2) is 0 Å². The highest BCUT2D eigenvalue weighted by atomic mass is 16.5. The molecule has 1 heterocycles. The van der Waals surface area contributed by atoms with E-state index < -0.39 is 0 Å². The molecule has 2 rings (SSSR count). The van der Waals surface area contributed by atoms with Crippen molar-refractivity contribution < 1.29 is 4.74 Å². The van der Waals surface area contributed by atoms with E-state index in [1.54, 1.807) is 0 Å². The second kappa shape index (κ2) is 5.73. The van der Waals surface area contributed by atoms with Crippen molar-refractivity contribution in [3.05, 3.63) is 0 Å². The highest BCUT2D eigenvalue weighted by Crippen LogP contribution is 2.42. The van der Waals surface area contributed by atoms with Crippen molar-refractivity contribution in [3.63, 3.8) is 0 Å². The van der Waals surface area contributed by atoms with Gasteiger partial charge in [-0.15, -0.1) is 0 Å². The van der Waals surface area contributed by atoms with Gasteiger partial charge in [-0.3, -0.25) is 0 Å². The van der Waals surface area contributed by atoms with Crippen LogP contribution in [0, 0.1) is 17.3 Å². The summed E-state index contributed by atoms with van der Waals surface area (Å²) < 4.78 is 5.93. The summed E-state index contributed by atoms with van der Waals surface area (Å²) in [5, 5.41) is 3.95. The Labute approximate surface area is 119 Å². The van der Waals surface area contributed by atoms with Crippen LogP contribution in [0.25, 0.3) is 0 Å². The average molecular weight is 267 g/mol. The first kappa shape index (κ1) is 15.3. The molecule has 1 spiro atoms. The third-order valence-corrected chi connectivity index (χ3v) is 5.13. The minimum Gasteiger partial charge on any atom is -0.378 e. The molecule has 0 aromatic rings. The van der Waals surface area contributed by atoms with E-state index in [2.05, 4.69) is 39.9 Å². The van der Waals surface area contributed by atoms with Gasteiger partial charge in [0.15, 0.2) is 0 Å². The molecule has 0 aromatic carbocycles. The molecule has 0 radical (unpaired) electrons. The number of ether oxygens (including phenoxy) is 1. The summed E-state index contributed by atoms with van der Waals surface area (Å²) >= 11 is 0. The smallest absolute Gasteiger partial charge is 0.0649 e. The molecule has 1 aliphatic carbocycles. The number of nitrogens with one attached hydrogen (secondary N) is 1. The Morgan fingerprint density at radius 3 is 2.37 bits per heavy atom. The van der Waals surface area contributed by atoms with Crippen molar-refractivity contribution in [2.45, 2.75) is 78.3 Å². The van der Waals surface area contributed by atoms with Crippen LogP contribution >= 0.6 is 0 Å². The highest BCUT2D eigenvalue weighted by molar-refractivity contribution is 4.98. The van der Waals surface area contributed by atoms with Gasteiger partial charge in [-0.1, -0.05) is 34.6 Å². The summed E-state index contributed by atoms with van der Waals surface area (Å²) in [6, 6.07) is 0.569. The van der Waals surface area contributed by atoms with E-state index in [0.717, 1.165) is 25.0 Å². The Kier molecular flexibility index (Phi) is 4.62. The third-order valence-electron chi connectivity index (χ3n) is 5.13. The first-order valence-electron chi connectivity index (χ1n) is 8.16. The van der Waals surface area contributed by atoms with Gasteiger partial charge in [0.25, 0.3) is 0 Å². The molecule has 0 unspecified atom stereocenters. The molecule has 112 valence electrons. The largest absolute Gasteiger partial charge is 0.378 e. The quantitative estimate of drug-likeness (QED) is 0.816. The van der Waals surface area contributed by atoms with Crippen LogP contribution in [0.5, 0.6) is 0 Å². The van der Waals surface area contributed by atoms with Crippen LogP contribution in [0.3, 0.4) is 0 Å². The number of hydrogen-bond acceptors (Lipinski definition) is 2. The number of hydrogen-bond donors (Lipinski definition) is 1. The van der Waals surface area contributed by atoms with Crippen molar-refractivity contribution in [2.24, 2.45) is 17.3 Å². The molecular formula is C17H33NO. The van der Waals surface area contributed by atoms with Crippen LogP contribution < -0.4 is 5.32 Å². The van der Waals surface area contributed by atoms with Gasteiger partial charge < -0.3 is 10.1 Å². The second-order valence-corrected chi connectivity index (χ2v) is 8.41. The number of rotatable bonds is 2. The molecule has 1 aliphatic heterocycles. The Balaban J connectivity index is 1.91. The molecular weight excluding hydrogens is 234 g/mol. The normalized spacial score (nSPS) is 36.9. The van der Waals surface area contributed by atoms with E-state index >= 15 is 0 Å². The highest BCUT2D eigenvalue weighted by Gasteiger charge is 2.41. The Hall–Kier alpha value is -0.0800. The van der Waals surface area contributed by atoms with Crippen molar-refractivity contribution in [1.82, 2.24) is 5.32 Å². The van der Waals surface area contributed by atoms with Gasteiger partial charge in [0, 0.05) is 11.6 Å². The predicted molar refractivity (Wildman–Crippen MR) is 81.3 cm³/mol. The van der Waals surface area contributed by atoms with Crippen LogP contribution in [0.1, 0.15) is 66.7 Å². The zero-order valence-electron chi connectivity index (χ0n) is 13.6. The average Bonchev–Trinajstić information content (AvgIpc) is 2.27. The van der Waals surface area contributed by atoms with Gasteiger partial charge in [0.2, 0.25) is 0 Å². The van der Waals surface area contributed by atoms with Crippen molar-refractivity contribution >= 4 is 0 Å². The van der Waals surface area contributed by atoms with E-state index in [1.807, 2.05) is 0 Å². The fourth-order valence-corrected chi connectivity index (χ4v) is 3.93. The lowest BCUT2D eigenvalue weighted by Crippen LogP contribution is -2.61. The van der Waals surface area contributed by atoms with Crippen LogP contribution in [-0.4, -0.2) is 24.8 Å². The third kappa shape index (κ3) is 3.95. The zero-order valence-corrected chi connectivity index (χ0v) is 13.6. The van der Waals surface area contributed by atoms with E-state index in [-0.39, 0.29) is 0 Å². The summed E-state index contributed by atoms with van der Waals surface area (Å²) in [6.07, 6.45) is 6.54. The monoisotopic (exact) mass is 267 g/mol. The van der Waals surface area contributed by atoms with Crippen LogP contribution in [0.4, 0.5) is 0 Å². The van der Waals surface area contributed by atoms with Crippen molar-refractivity contribution in [3.8, 4) is 0 Å². The van der Waals surface area contributed by atoms with E-state index in [1.165, 1.54) is 32.1 Å². The summed E-state index contributed by atoms with van der Waals surface area (Å²) in [6.45, 7) is 13.6. The lowest BCUT2D eigenvalue weighted by molar-refractivity contribution is -0.0350. The molecule has 1 N–H and O–H groups in total. The van der Waals surface area contributed by atoms with Gasteiger partial charge in [-0.25, -0.2) is 0 Å². The topological polar surface area (TPSA) is 21.3 Å². The molecule has 2 heteroatoms. The van der Waals surface area contributed by atoms with E-state index in [0.29, 0.717) is 17.0 Å². The molecule has 2 nitrogen and oxygen atoms in total. The van der Waals surface area contributed by atoms with E-state index in [9.17, 15) is 0 Å². The SMILES string of the molecule is CC(C)C[C@@H]1COCC2(CCC(C(C)(C)C)CC2)N1. The maximum atomic E-state index is 5.93. The predicted octanol–water partition coefficient (Wildman–Crippen LogP) is 4.00. The van der Waals surface area contributed by atoms with E-state index in [4.69, 9.17) is 4.74 Å². The first-order chi connectivity index (χ1) is 8.81. The molecule has 2 aliphatic rings. The Morgan fingerprint density at radius 1 is 1.21 bits per heavy atom. The van der Waals surface area contributed by atoms with Crippen molar-refractivity contribution in [2.75, 3.05) is 13.2 Å². The molecule has 0 amide bonds. The minimum absolute atomic E-state index is 0.291. The van der Waals surface area contributed by atoms with Gasteiger partial charge in [-0.05, 0) is 49.4 Å². The lowest BCUT2D eigenvalue weighted by atomic mass is 9.67. The van der Waals surface area contributed by atoms with Crippen LogP contribution in [-0.2, 0) is 4.74 Å². The number of morpholine rings is 1. The Morgan fingerprint density at radius 2 is 1.84 bits per heavy atom. The molecule has 1 atom stereocenters. The summed E-state index contributed by atoms with van der Waals surface area (Å²) in [7, 11) is 0. The van der Waals surface area contributed by atoms with Gasteiger partial charge in [0.05, 0.1) is 13.2 Å². The maximum absolute atomic E-state index is 5.93. The van der Waals surface area contributed by atoms with Crippen LogP contribution in [0.2, 0.25) is 0 Å². The molecule has 0 aromatic heterocycles. The lowest BCUT2D eigenvalue weighted by Gasteiger charge is -2.48. The molecule has 19 heavy (non-hydrogen) atoms. The van der Waals surface area contributed by atoms with Gasteiger partial charge in [0.1, 0.15) is 0 Å². The zero-order chi connectivity index (χ0) is 14.1. The van der Waals surface area contributed by atoms with Gasteiger partial charge >= 0.3 is 0 Å².